The zero-order valence-electron chi connectivity index (χ0n) is 10.2. The van der Waals surface area contributed by atoms with E-state index in [1.165, 1.54) is 13.0 Å². The minimum atomic E-state index is -0.977. The summed E-state index contributed by atoms with van der Waals surface area (Å²) < 4.78 is 14.1. The molecule has 0 fully saturated rings. The molecule has 0 aliphatic heterocycles. The zero-order chi connectivity index (χ0) is 14.0. The first-order valence-corrected chi connectivity index (χ1v) is 6.15. The molecule has 0 radical (unpaired) electrons. The van der Waals surface area contributed by atoms with Gasteiger partial charge in [0.15, 0.2) is 0 Å². The number of halogens is 2. The molecule has 19 heavy (non-hydrogen) atoms. The second kappa shape index (κ2) is 5.41. The van der Waals surface area contributed by atoms with Crippen LogP contribution < -0.4 is 0 Å². The van der Waals surface area contributed by atoms with Gasteiger partial charge in [-0.15, -0.1) is 0 Å². The third-order valence-electron chi connectivity index (χ3n) is 3.00. The summed E-state index contributed by atoms with van der Waals surface area (Å²) in [6.45, 7) is 1.52. The number of hydrogen-bond acceptors (Lipinski definition) is 1. The fourth-order valence-corrected chi connectivity index (χ4v) is 2.02. The van der Waals surface area contributed by atoms with Gasteiger partial charge in [0.05, 0.1) is 5.92 Å². The van der Waals surface area contributed by atoms with Gasteiger partial charge in [-0.3, -0.25) is 4.79 Å². The van der Waals surface area contributed by atoms with E-state index in [1.54, 1.807) is 36.4 Å². The third-order valence-corrected chi connectivity index (χ3v) is 3.23. The first kappa shape index (κ1) is 13.6. The van der Waals surface area contributed by atoms with Crippen LogP contribution in [0.5, 0.6) is 0 Å². The Morgan fingerprint density at radius 1 is 1.26 bits per heavy atom. The lowest BCUT2D eigenvalue weighted by Gasteiger charge is -2.09. The van der Waals surface area contributed by atoms with Crippen LogP contribution in [0.3, 0.4) is 0 Å². The second-order valence-electron chi connectivity index (χ2n) is 4.31. The summed E-state index contributed by atoms with van der Waals surface area (Å²) in [7, 11) is 0. The van der Waals surface area contributed by atoms with Gasteiger partial charge in [0.2, 0.25) is 0 Å². The molecule has 1 atom stereocenters. The Morgan fingerprint density at radius 2 is 2.00 bits per heavy atom. The van der Waals surface area contributed by atoms with Gasteiger partial charge in [0, 0.05) is 10.6 Å². The van der Waals surface area contributed by atoms with Crippen molar-refractivity contribution < 1.29 is 14.3 Å². The van der Waals surface area contributed by atoms with Gasteiger partial charge in [-0.25, -0.2) is 4.39 Å². The van der Waals surface area contributed by atoms with E-state index in [1.807, 2.05) is 0 Å². The highest BCUT2D eigenvalue weighted by atomic mass is 35.5. The fraction of sp³-hybridized carbons (Fsp3) is 0.133. The first-order valence-electron chi connectivity index (χ1n) is 5.77. The van der Waals surface area contributed by atoms with Crippen LogP contribution in [-0.4, -0.2) is 11.1 Å². The molecule has 2 aromatic rings. The van der Waals surface area contributed by atoms with Crippen LogP contribution in [0, 0.1) is 5.82 Å². The Morgan fingerprint density at radius 3 is 2.58 bits per heavy atom. The number of carboxylic acids is 1. The molecule has 0 spiro atoms. The van der Waals surface area contributed by atoms with Crippen LogP contribution in [0.4, 0.5) is 4.39 Å². The molecule has 0 heterocycles. The van der Waals surface area contributed by atoms with Crippen LogP contribution >= 0.6 is 11.6 Å². The summed E-state index contributed by atoms with van der Waals surface area (Å²) in [6, 6.07) is 11.3. The maximum absolute atomic E-state index is 14.1. The summed E-state index contributed by atoms with van der Waals surface area (Å²) in [6.07, 6.45) is 0. The molecule has 0 aliphatic rings. The molecule has 4 heteroatoms. The Bertz CT molecular complexity index is 625. The quantitative estimate of drug-likeness (QED) is 0.907. The average molecular weight is 279 g/mol. The maximum atomic E-state index is 14.1. The van der Waals surface area contributed by atoms with Crippen LogP contribution in [0.2, 0.25) is 5.02 Å². The Labute approximate surface area is 115 Å². The minimum Gasteiger partial charge on any atom is -0.481 e. The van der Waals surface area contributed by atoms with Gasteiger partial charge in [0.25, 0.3) is 0 Å². The molecule has 0 aromatic heterocycles. The van der Waals surface area contributed by atoms with Crippen LogP contribution in [-0.2, 0) is 4.79 Å². The minimum absolute atomic E-state index is 0.406. The van der Waals surface area contributed by atoms with Crippen molar-refractivity contribution in [2.24, 2.45) is 0 Å². The largest absolute Gasteiger partial charge is 0.481 e. The summed E-state index contributed by atoms with van der Waals surface area (Å²) >= 11 is 5.87. The van der Waals surface area contributed by atoms with Crippen LogP contribution in [0.15, 0.2) is 42.5 Å². The first-order chi connectivity index (χ1) is 8.99. The summed E-state index contributed by atoms with van der Waals surface area (Å²) in [4.78, 5) is 10.9. The topological polar surface area (TPSA) is 37.3 Å². The van der Waals surface area contributed by atoms with Gasteiger partial charge >= 0.3 is 5.97 Å². The highest BCUT2D eigenvalue weighted by Crippen LogP contribution is 2.28. The molecule has 0 amide bonds. The van der Waals surface area contributed by atoms with Gasteiger partial charge in [-0.1, -0.05) is 35.9 Å². The van der Waals surface area contributed by atoms with E-state index in [-0.39, 0.29) is 0 Å². The fourth-order valence-electron chi connectivity index (χ4n) is 1.83. The van der Waals surface area contributed by atoms with Crippen molar-refractivity contribution in [2.75, 3.05) is 0 Å². The Kier molecular flexibility index (Phi) is 3.86. The molecule has 0 aliphatic carbocycles. The number of carbonyl (C=O) groups is 1. The van der Waals surface area contributed by atoms with Crippen molar-refractivity contribution in [1.29, 1.82) is 0 Å². The molecule has 2 aromatic carbocycles. The SMILES string of the molecule is C[C@@H](C(=O)O)c1ccc(-c2cccc(Cl)c2)c(F)c1. The maximum Gasteiger partial charge on any atom is 0.310 e. The van der Waals surface area contributed by atoms with Crippen LogP contribution in [0.25, 0.3) is 11.1 Å². The van der Waals surface area contributed by atoms with E-state index in [4.69, 9.17) is 16.7 Å². The monoisotopic (exact) mass is 278 g/mol. The van der Waals surface area contributed by atoms with Gasteiger partial charge in [-0.2, -0.15) is 0 Å². The van der Waals surface area contributed by atoms with E-state index >= 15 is 0 Å². The van der Waals surface area contributed by atoms with Crippen molar-refractivity contribution in [3.63, 3.8) is 0 Å². The van der Waals surface area contributed by atoms with Gasteiger partial charge in [0.1, 0.15) is 5.82 Å². The lowest BCUT2D eigenvalue weighted by atomic mass is 9.97. The van der Waals surface area contributed by atoms with Crippen molar-refractivity contribution in [3.8, 4) is 11.1 Å². The number of rotatable bonds is 3. The highest BCUT2D eigenvalue weighted by molar-refractivity contribution is 6.30. The lowest BCUT2D eigenvalue weighted by Crippen LogP contribution is -2.07. The standard InChI is InChI=1S/C15H12ClFO2/c1-9(15(18)19)10-5-6-13(14(17)8-10)11-3-2-4-12(16)7-11/h2-9H,1H3,(H,18,19)/t9-/m1/s1. The molecule has 2 rings (SSSR count). The van der Waals surface area contributed by atoms with E-state index in [0.29, 0.717) is 21.7 Å². The van der Waals surface area contributed by atoms with Crippen molar-refractivity contribution in [1.82, 2.24) is 0 Å². The number of carboxylic acid groups (broad SMARTS) is 1. The zero-order valence-corrected chi connectivity index (χ0v) is 11.0. The number of aliphatic carboxylic acids is 1. The molecule has 98 valence electrons. The lowest BCUT2D eigenvalue weighted by molar-refractivity contribution is -0.138. The van der Waals surface area contributed by atoms with E-state index in [2.05, 4.69) is 0 Å². The summed E-state index contributed by atoms with van der Waals surface area (Å²) in [5.74, 6) is -2.16. The van der Waals surface area contributed by atoms with E-state index < -0.39 is 17.7 Å². The van der Waals surface area contributed by atoms with Gasteiger partial charge < -0.3 is 5.11 Å². The molecule has 2 nitrogen and oxygen atoms in total. The normalized spacial score (nSPS) is 12.2. The van der Waals surface area contributed by atoms with Crippen molar-refractivity contribution >= 4 is 17.6 Å². The predicted molar refractivity (Wildman–Crippen MR) is 72.9 cm³/mol. The van der Waals surface area contributed by atoms with E-state index in [0.717, 1.165) is 0 Å². The third kappa shape index (κ3) is 2.93. The van der Waals surface area contributed by atoms with Crippen molar-refractivity contribution in [2.45, 2.75) is 12.8 Å². The highest BCUT2D eigenvalue weighted by Gasteiger charge is 2.16. The Hall–Kier alpha value is -1.87. The molecular formula is C15H12ClFO2. The smallest absolute Gasteiger partial charge is 0.310 e. The van der Waals surface area contributed by atoms with E-state index in [9.17, 15) is 9.18 Å². The number of hydrogen-bond donors (Lipinski definition) is 1. The molecule has 0 unspecified atom stereocenters. The molecule has 1 N–H and O–H groups in total. The summed E-state index contributed by atoms with van der Waals surface area (Å²) in [5, 5.41) is 9.44. The average Bonchev–Trinajstić information content (AvgIpc) is 2.37. The summed E-state index contributed by atoms with van der Waals surface area (Å²) in [5.41, 5.74) is 1.51. The van der Waals surface area contributed by atoms with Crippen LogP contribution in [0.1, 0.15) is 18.4 Å². The molecule has 0 bridgehead atoms. The Balaban J connectivity index is 2.42. The molecule has 0 saturated carbocycles. The van der Waals surface area contributed by atoms with Crippen molar-refractivity contribution in [3.05, 3.63) is 58.9 Å². The molecular weight excluding hydrogens is 267 g/mol. The predicted octanol–water partition coefficient (Wildman–Crippen LogP) is 4.33. The van der Waals surface area contributed by atoms with Gasteiger partial charge in [-0.05, 0) is 36.2 Å². The number of benzene rings is 2. The second-order valence-corrected chi connectivity index (χ2v) is 4.75. The molecule has 0 saturated heterocycles.